The van der Waals surface area contributed by atoms with Crippen LogP contribution in [0.2, 0.25) is 0 Å². The van der Waals surface area contributed by atoms with Crippen molar-refractivity contribution in [2.45, 2.75) is 33.3 Å². The molecule has 1 rings (SSSR count). The lowest BCUT2D eigenvalue weighted by atomic mass is 10.2. The molecule has 21 heavy (non-hydrogen) atoms. The molecule has 0 aromatic heterocycles. The summed E-state index contributed by atoms with van der Waals surface area (Å²) in [6.07, 6.45) is 2.15. The zero-order valence-electron chi connectivity index (χ0n) is 13.3. The molecule has 116 valence electrons. The molecule has 1 amide bonds. The highest BCUT2D eigenvalue weighted by molar-refractivity contribution is 5.94. The third kappa shape index (κ3) is 6.45. The highest BCUT2D eigenvalue weighted by Gasteiger charge is 2.12. The largest absolute Gasteiger partial charge is 0.490 e. The van der Waals surface area contributed by atoms with E-state index in [0.29, 0.717) is 30.9 Å². The Morgan fingerprint density at radius 3 is 2.76 bits per heavy atom. The summed E-state index contributed by atoms with van der Waals surface area (Å²) < 4.78 is 5.60. The van der Waals surface area contributed by atoms with Crippen molar-refractivity contribution in [1.82, 2.24) is 4.90 Å². The summed E-state index contributed by atoms with van der Waals surface area (Å²) in [7, 11) is 1.74. The van der Waals surface area contributed by atoms with Gasteiger partial charge in [-0.25, -0.2) is 0 Å². The molecule has 1 aromatic rings. The molecule has 0 aliphatic heterocycles. The quantitative estimate of drug-likeness (QED) is 0.786. The van der Waals surface area contributed by atoms with Crippen molar-refractivity contribution in [2.24, 2.45) is 0 Å². The molecule has 0 aliphatic rings. The van der Waals surface area contributed by atoms with Crippen LogP contribution in [0.4, 0.5) is 0 Å². The average Bonchev–Trinajstić information content (AvgIpc) is 2.43. The van der Waals surface area contributed by atoms with Gasteiger partial charge in [-0.05, 0) is 51.5 Å². The highest BCUT2D eigenvalue weighted by atomic mass is 16.5. The molecule has 0 spiro atoms. The van der Waals surface area contributed by atoms with Crippen LogP contribution in [-0.4, -0.2) is 42.2 Å². The number of carbonyl (C=O) groups excluding carboxylic acids is 1. The van der Waals surface area contributed by atoms with Crippen molar-refractivity contribution >= 4 is 5.91 Å². The fraction of sp³-hybridized carbons (Fsp3) is 0.471. The zero-order valence-corrected chi connectivity index (χ0v) is 13.3. The lowest BCUT2D eigenvalue weighted by molar-refractivity contribution is 0.0768. The molecule has 0 saturated carbocycles. The predicted octanol–water partition coefficient (Wildman–Crippen LogP) is 2.87. The number of nitrogens with zero attached hydrogens (tertiary/aromatic N) is 1. The third-order valence-electron chi connectivity index (χ3n) is 3.05. The van der Waals surface area contributed by atoms with Crippen molar-refractivity contribution in [3.8, 4) is 5.75 Å². The molecule has 1 aromatic carbocycles. The van der Waals surface area contributed by atoms with E-state index in [4.69, 9.17) is 4.74 Å². The standard InChI is InChI=1S/C17H25NO3/c1-13(2)9-11-21-16-7-5-6-15(12-16)17(20)18(4)10-8-14(3)19/h5-7,9,12,14,19H,8,10-11H2,1-4H3. The summed E-state index contributed by atoms with van der Waals surface area (Å²) in [5.41, 5.74) is 1.79. The Morgan fingerprint density at radius 2 is 2.14 bits per heavy atom. The van der Waals surface area contributed by atoms with Gasteiger partial charge >= 0.3 is 0 Å². The summed E-state index contributed by atoms with van der Waals surface area (Å²) in [6, 6.07) is 7.17. The van der Waals surface area contributed by atoms with Gasteiger partial charge in [0.2, 0.25) is 0 Å². The van der Waals surface area contributed by atoms with Gasteiger partial charge in [0.05, 0.1) is 6.10 Å². The van der Waals surface area contributed by atoms with E-state index in [1.54, 1.807) is 31.0 Å². The zero-order chi connectivity index (χ0) is 15.8. The Balaban J connectivity index is 2.66. The van der Waals surface area contributed by atoms with E-state index in [-0.39, 0.29) is 5.91 Å². The summed E-state index contributed by atoms with van der Waals surface area (Å²) in [6.45, 7) is 6.77. The number of rotatable bonds is 7. The van der Waals surface area contributed by atoms with Crippen LogP contribution in [-0.2, 0) is 0 Å². The van der Waals surface area contributed by atoms with Crippen LogP contribution >= 0.6 is 0 Å². The van der Waals surface area contributed by atoms with E-state index in [9.17, 15) is 9.90 Å². The van der Waals surface area contributed by atoms with Gasteiger partial charge < -0.3 is 14.7 Å². The molecule has 1 atom stereocenters. The number of amides is 1. The molecule has 0 aliphatic carbocycles. The Bertz CT molecular complexity index is 491. The topological polar surface area (TPSA) is 49.8 Å². The number of benzene rings is 1. The van der Waals surface area contributed by atoms with E-state index >= 15 is 0 Å². The minimum absolute atomic E-state index is 0.0664. The first kappa shape index (κ1) is 17.2. The SMILES string of the molecule is CC(C)=CCOc1cccc(C(=O)N(C)CCC(C)O)c1. The second-order valence-corrected chi connectivity index (χ2v) is 5.48. The maximum Gasteiger partial charge on any atom is 0.253 e. The van der Waals surface area contributed by atoms with Crippen molar-refractivity contribution < 1.29 is 14.6 Å². The lowest BCUT2D eigenvalue weighted by Gasteiger charge is -2.18. The molecule has 0 heterocycles. The maximum absolute atomic E-state index is 12.3. The minimum Gasteiger partial charge on any atom is -0.490 e. The fourth-order valence-corrected chi connectivity index (χ4v) is 1.73. The van der Waals surface area contributed by atoms with Gasteiger partial charge in [0.1, 0.15) is 12.4 Å². The van der Waals surface area contributed by atoms with E-state index < -0.39 is 6.10 Å². The lowest BCUT2D eigenvalue weighted by Crippen LogP contribution is -2.29. The van der Waals surface area contributed by atoms with Gasteiger partial charge in [0.25, 0.3) is 5.91 Å². The van der Waals surface area contributed by atoms with Gasteiger partial charge in [0.15, 0.2) is 0 Å². The molecule has 1 unspecified atom stereocenters. The van der Waals surface area contributed by atoms with Gasteiger partial charge in [-0.15, -0.1) is 0 Å². The van der Waals surface area contributed by atoms with Crippen molar-refractivity contribution in [2.75, 3.05) is 20.2 Å². The Hall–Kier alpha value is -1.81. The number of allylic oxidation sites excluding steroid dienone is 1. The Kier molecular flexibility index (Phi) is 6.96. The minimum atomic E-state index is -0.404. The van der Waals surface area contributed by atoms with Gasteiger partial charge in [-0.1, -0.05) is 11.6 Å². The number of carbonyl (C=O) groups is 1. The van der Waals surface area contributed by atoms with Crippen LogP contribution in [0.5, 0.6) is 5.75 Å². The summed E-state index contributed by atoms with van der Waals surface area (Å²) in [5.74, 6) is 0.616. The number of aliphatic hydroxyl groups is 1. The molecule has 0 radical (unpaired) electrons. The summed E-state index contributed by atoms with van der Waals surface area (Å²) >= 11 is 0. The van der Waals surface area contributed by atoms with Gasteiger partial charge in [-0.2, -0.15) is 0 Å². The predicted molar refractivity (Wildman–Crippen MR) is 84.6 cm³/mol. The normalized spacial score (nSPS) is 11.7. The summed E-state index contributed by atoms with van der Waals surface area (Å²) in [4.78, 5) is 13.9. The second-order valence-electron chi connectivity index (χ2n) is 5.48. The second kappa shape index (κ2) is 8.47. The van der Waals surface area contributed by atoms with Crippen molar-refractivity contribution in [1.29, 1.82) is 0 Å². The highest BCUT2D eigenvalue weighted by Crippen LogP contribution is 2.15. The molecular formula is C17H25NO3. The number of hydrogen-bond acceptors (Lipinski definition) is 3. The monoisotopic (exact) mass is 291 g/mol. The van der Waals surface area contributed by atoms with Crippen LogP contribution in [0, 0.1) is 0 Å². The first-order chi connectivity index (χ1) is 9.90. The Labute approximate surface area is 127 Å². The number of aliphatic hydroxyl groups excluding tert-OH is 1. The first-order valence-corrected chi connectivity index (χ1v) is 7.20. The van der Waals surface area contributed by atoms with Crippen molar-refractivity contribution in [3.05, 3.63) is 41.5 Å². The van der Waals surface area contributed by atoms with E-state index in [2.05, 4.69) is 0 Å². The van der Waals surface area contributed by atoms with Crippen LogP contribution in [0.1, 0.15) is 37.6 Å². The van der Waals surface area contributed by atoms with E-state index in [0.717, 1.165) is 0 Å². The number of ether oxygens (including phenoxy) is 1. The van der Waals surface area contributed by atoms with Gasteiger partial charge in [-0.3, -0.25) is 4.79 Å². The maximum atomic E-state index is 12.3. The molecule has 0 saturated heterocycles. The van der Waals surface area contributed by atoms with E-state index in [1.165, 1.54) is 5.57 Å². The fourth-order valence-electron chi connectivity index (χ4n) is 1.73. The summed E-state index contributed by atoms with van der Waals surface area (Å²) in [5, 5.41) is 9.28. The Morgan fingerprint density at radius 1 is 1.43 bits per heavy atom. The van der Waals surface area contributed by atoms with Crippen LogP contribution in [0.25, 0.3) is 0 Å². The van der Waals surface area contributed by atoms with Crippen molar-refractivity contribution in [3.63, 3.8) is 0 Å². The van der Waals surface area contributed by atoms with Gasteiger partial charge in [0, 0.05) is 19.2 Å². The smallest absolute Gasteiger partial charge is 0.253 e. The first-order valence-electron chi connectivity index (χ1n) is 7.20. The molecule has 4 heteroatoms. The average molecular weight is 291 g/mol. The van der Waals surface area contributed by atoms with Crippen LogP contribution in [0.3, 0.4) is 0 Å². The number of hydrogen-bond donors (Lipinski definition) is 1. The third-order valence-corrected chi connectivity index (χ3v) is 3.05. The van der Waals surface area contributed by atoms with Crippen LogP contribution < -0.4 is 4.74 Å². The van der Waals surface area contributed by atoms with Crippen LogP contribution in [0.15, 0.2) is 35.9 Å². The molecule has 0 bridgehead atoms. The molecule has 0 fully saturated rings. The molecule has 1 N–H and O–H groups in total. The molecule has 4 nitrogen and oxygen atoms in total. The molecular weight excluding hydrogens is 266 g/mol. The van der Waals surface area contributed by atoms with E-state index in [1.807, 2.05) is 32.1 Å².